The molecule has 0 radical (unpaired) electrons. The first-order chi connectivity index (χ1) is 11.6. The summed E-state index contributed by atoms with van der Waals surface area (Å²) in [5.41, 5.74) is 1.25. The molecule has 1 aromatic carbocycles. The Morgan fingerprint density at radius 2 is 1.83 bits per heavy atom. The van der Waals surface area contributed by atoms with Gasteiger partial charge in [-0.3, -0.25) is 4.79 Å². The molecule has 0 aliphatic carbocycles. The molecule has 0 saturated carbocycles. The van der Waals surface area contributed by atoms with Crippen LogP contribution in [-0.2, 0) is 11.3 Å². The van der Waals surface area contributed by atoms with E-state index in [4.69, 9.17) is 4.42 Å². The summed E-state index contributed by atoms with van der Waals surface area (Å²) in [5, 5.41) is 7.93. The molecule has 24 heavy (non-hydrogen) atoms. The second-order valence-corrected chi connectivity index (χ2v) is 5.57. The third kappa shape index (κ3) is 6.16. The Labute approximate surface area is 141 Å². The van der Waals surface area contributed by atoms with Crippen molar-refractivity contribution in [1.29, 1.82) is 0 Å². The molecule has 6 heteroatoms. The molecule has 3 N–H and O–H groups in total. The average molecular weight is 329 g/mol. The van der Waals surface area contributed by atoms with Gasteiger partial charge in [0.2, 0.25) is 5.91 Å². The number of carbonyl (C=O) groups excluding carboxylic acids is 2. The lowest BCUT2D eigenvalue weighted by atomic mass is 9.98. The van der Waals surface area contributed by atoms with Crippen LogP contribution in [0.2, 0.25) is 0 Å². The number of amides is 3. The summed E-state index contributed by atoms with van der Waals surface area (Å²) in [5.74, 6) is 0.823. The summed E-state index contributed by atoms with van der Waals surface area (Å²) in [4.78, 5) is 23.3. The molecule has 1 heterocycles. The summed E-state index contributed by atoms with van der Waals surface area (Å²) in [7, 11) is 0. The van der Waals surface area contributed by atoms with Gasteiger partial charge in [-0.05, 0) is 30.0 Å². The average Bonchev–Trinajstić information content (AvgIpc) is 3.12. The standard InChI is InChI=1S/C18H23N3O3/c1-14(15-6-3-2-4-7-15)9-10-19-17(22)13-21-18(23)20-12-16-8-5-11-24-16/h2-8,11,14H,9-10,12-13H2,1H3,(H,19,22)(H2,20,21,23). The van der Waals surface area contributed by atoms with Crippen LogP contribution in [0.4, 0.5) is 4.79 Å². The van der Waals surface area contributed by atoms with E-state index in [1.807, 2.05) is 18.2 Å². The van der Waals surface area contributed by atoms with E-state index in [0.29, 0.717) is 18.2 Å². The Morgan fingerprint density at radius 1 is 1.04 bits per heavy atom. The SMILES string of the molecule is CC(CCNC(=O)CNC(=O)NCc1ccco1)c1ccccc1. The van der Waals surface area contributed by atoms with Crippen LogP contribution in [-0.4, -0.2) is 25.0 Å². The lowest BCUT2D eigenvalue weighted by Crippen LogP contribution is -2.42. The maximum atomic E-state index is 11.7. The first kappa shape index (κ1) is 17.6. The van der Waals surface area contributed by atoms with Crippen molar-refractivity contribution < 1.29 is 14.0 Å². The van der Waals surface area contributed by atoms with E-state index < -0.39 is 6.03 Å². The van der Waals surface area contributed by atoms with Crippen molar-refractivity contribution in [2.75, 3.05) is 13.1 Å². The highest BCUT2D eigenvalue weighted by Crippen LogP contribution is 2.17. The molecule has 0 aliphatic heterocycles. The van der Waals surface area contributed by atoms with Crippen molar-refractivity contribution >= 4 is 11.9 Å². The maximum Gasteiger partial charge on any atom is 0.315 e. The van der Waals surface area contributed by atoms with Crippen molar-refractivity contribution in [2.24, 2.45) is 0 Å². The Bertz CT molecular complexity index is 626. The summed E-state index contributed by atoms with van der Waals surface area (Å²) < 4.78 is 5.10. The minimum atomic E-state index is -0.404. The molecule has 2 rings (SSSR count). The molecule has 1 aromatic heterocycles. The van der Waals surface area contributed by atoms with Crippen molar-refractivity contribution in [1.82, 2.24) is 16.0 Å². The van der Waals surface area contributed by atoms with E-state index in [2.05, 4.69) is 35.0 Å². The van der Waals surface area contributed by atoms with Crippen LogP contribution in [0.5, 0.6) is 0 Å². The van der Waals surface area contributed by atoms with Gasteiger partial charge in [-0.1, -0.05) is 37.3 Å². The normalized spacial score (nSPS) is 11.5. The number of benzene rings is 1. The topological polar surface area (TPSA) is 83.4 Å². The van der Waals surface area contributed by atoms with Gasteiger partial charge in [-0.25, -0.2) is 4.79 Å². The molecular formula is C18H23N3O3. The zero-order valence-electron chi connectivity index (χ0n) is 13.7. The van der Waals surface area contributed by atoms with E-state index in [1.165, 1.54) is 5.56 Å². The molecule has 6 nitrogen and oxygen atoms in total. The first-order valence-corrected chi connectivity index (χ1v) is 8.01. The fourth-order valence-corrected chi connectivity index (χ4v) is 2.24. The molecule has 3 amide bonds. The third-order valence-corrected chi connectivity index (χ3v) is 3.68. The predicted octanol–water partition coefficient (Wildman–Crippen LogP) is 2.39. The maximum absolute atomic E-state index is 11.7. The number of hydrogen-bond acceptors (Lipinski definition) is 3. The molecule has 1 atom stereocenters. The molecule has 2 aromatic rings. The van der Waals surface area contributed by atoms with Gasteiger partial charge < -0.3 is 20.4 Å². The number of carbonyl (C=O) groups is 2. The van der Waals surface area contributed by atoms with Gasteiger partial charge in [-0.2, -0.15) is 0 Å². The van der Waals surface area contributed by atoms with Gasteiger partial charge >= 0.3 is 6.03 Å². The largest absolute Gasteiger partial charge is 0.467 e. The van der Waals surface area contributed by atoms with Gasteiger partial charge in [0.25, 0.3) is 0 Å². The quantitative estimate of drug-likeness (QED) is 0.695. The molecule has 0 bridgehead atoms. The minimum Gasteiger partial charge on any atom is -0.467 e. The van der Waals surface area contributed by atoms with Gasteiger partial charge in [0.05, 0.1) is 19.4 Å². The zero-order chi connectivity index (χ0) is 17.2. The smallest absolute Gasteiger partial charge is 0.315 e. The zero-order valence-corrected chi connectivity index (χ0v) is 13.7. The number of rotatable bonds is 8. The van der Waals surface area contributed by atoms with Crippen LogP contribution in [0.1, 0.15) is 30.6 Å². The molecular weight excluding hydrogens is 306 g/mol. The number of hydrogen-bond donors (Lipinski definition) is 3. The number of nitrogens with one attached hydrogen (secondary N) is 3. The fraction of sp³-hybridized carbons (Fsp3) is 0.333. The highest BCUT2D eigenvalue weighted by Gasteiger charge is 2.08. The minimum absolute atomic E-state index is 0.0519. The first-order valence-electron chi connectivity index (χ1n) is 8.01. The van der Waals surface area contributed by atoms with Crippen LogP contribution in [0.3, 0.4) is 0 Å². The summed E-state index contributed by atoms with van der Waals surface area (Å²) >= 11 is 0. The second-order valence-electron chi connectivity index (χ2n) is 5.57. The number of furan rings is 1. The fourth-order valence-electron chi connectivity index (χ4n) is 2.24. The molecule has 0 aliphatic rings. The Morgan fingerprint density at radius 3 is 2.54 bits per heavy atom. The van der Waals surface area contributed by atoms with E-state index in [0.717, 1.165) is 6.42 Å². The van der Waals surface area contributed by atoms with Crippen molar-refractivity contribution in [3.8, 4) is 0 Å². The Hall–Kier alpha value is -2.76. The van der Waals surface area contributed by atoms with Gasteiger partial charge in [-0.15, -0.1) is 0 Å². The monoisotopic (exact) mass is 329 g/mol. The molecule has 0 spiro atoms. The van der Waals surface area contributed by atoms with Crippen LogP contribution in [0, 0.1) is 0 Å². The van der Waals surface area contributed by atoms with Gasteiger partial charge in [0.15, 0.2) is 0 Å². The number of urea groups is 1. The summed E-state index contributed by atoms with van der Waals surface area (Å²) in [6, 6.07) is 13.3. The van der Waals surface area contributed by atoms with Crippen LogP contribution < -0.4 is 16.0 Å². The van der Waals surface area contributed by atoms with Crippen molar-refractivity contribution in [3.05, 3.63) is 60.1 Å². The van der Waals surface area contributed by atoms with E-state index >= 15 is 0 Å². The predicted molar refractivity (Wildman–Crippen MR) is 91.4 cm³/mol. The van der Waals surface area contributed by atoms with Crippen molar-refractivity contribution in [2.45, 2.75) is 25.8 Å². The van der Waals surface area contributed by atoms with E-state index in [1.54, 1.807) is 18.4 Å². The van der Waals surface area contributed by atoms with Crippen LogP contribution in [0.15, 0.2) is 53.1 Å². The molecule has 0 saturated heterocycles. The third-order valence-electron chi connectivity index (χ3n) is 3.68. The highest BCUT2D eigenvalue weighted by molar-refractivity contribution is 5.83. The lowest BCUT2D eigenvalue weighted by Gasteiger charge is -2.12. The van der Waals surface area contributed by atoms with Gasteiger partial charge in [0, 0.05) is 6.54 Å². The van der Waals surface area contributed by atoms with Crippen molar-refractivity contribution in [3.63, 3.8) is 0 Å². The molecule has 1 unspecified atom stereocenters. The summed E-state index contributed by atoms with van der Waals surface area (Å²) in [6.45, 7) is 2.94. The summed E-state index contributed by atoms with van der Waals surface area (Å²) in [6.07, 6.45) is 2.39. The van der Waals surface area contributed by atoms with E-state index in [9.17, 15) is 9.59 Å². The van der Waals surface area contributed by atoms with E-state index in [-0.39, 0.29) is 19.0 Å². The molecule has 0 fully saturated rings. The lowest BCUT2D eigenvalue weighted by molar-refractivity contribution is -0.120. The Balaban J connectivity index is 1.57. The second kappa shape index (κ2) is 9.39. The van der Waals surface area contributed by atoms with Crippen LogP contribution in [0.25, 0.3) is 0 Å². The van der Waals surface area contributed by atoms with Gasteiger partial charge in [0.1, 0.15) is 5.76 Å². The van der Waals surface area contributed by atoms with Crippen LogP contribution >= 0.6 is 0 Å². The molecule has 128 valence electrons. The highest BCUT2D eigenvalue weighted by atomic mass is 16.3. The Kier molecular flexibility index (Phi) is 6.89.